The van der Waals surface area contributed by atoms with Crippen molar-refractivity contribution in [3.05, 3.63) is 35.9 Å². The molecule has 2 rings (SSSR count). The van der Waals surface area contributed by atoms with E-state index in [9.17, 15) is 8.42 Å². The standard InChI is InChI=1S/C13H18O4S/c14-18(15,10-12-6-2-1-3-7-12)11-17-13-8-4-5-9-16-13/h1-3,6-7,13H,4-5,8-11H2. The van der Waals surface area contributed by atoms with Crippen molar-refractivity contribution in [2.45, 2.75) is 31.3 Å². The zero-order chi connectivity index (χ0) is 12.8. The molecule has 1 fully saturated rings. The second-order valence-electron chi connectivity index (χ2n) is 4.45. The topological polar surface area (TPSA) is 52.6 Å². The summed E-state index contributed by atoms with van der Waals surface area (Å²) in [4.78, 5) is 0. The Labute approximate surface area is 108 Å². The van der Waals surface area contributed by atoms with Crippen LogP contribution in [0.2, 0.25) is 0 Å². The third-order valence-corrected chi connectivity index (χ3v) is 4.07. The Morgan fingerprint density at radius 2 is 2.00 bits per heavy atom. The number of benzene rings is 1. The minimum Gasteiger partial charge on any atom is -0.353 e. The van der Waals surface area contributed by atoms with Crippen LogP contribution in [0.3, 0.4) is 0 Å². The van der Waals surface area contributed by atoms with Gasteiger partial charge < -0.3 is 9.47 Å². The Morgan fingerprint density at radius 1 is 1.22 bits per heavy atom. The molecule has 1 aromatic carbocycles. The van der Waals surface area contributed by atoms with Crippen LogP contribution in [0.25, 0.3) is 0 Å². The van der Waals surface area contributed by atoms with Gasteiger partial charge in [0.2, 0.25) is 0 Å². The minimum absolute atomic E-state index is 0.0144. The Bertz CT molecular complexity index is 449. The second kappa shape index (κ2) is 6.31. The highest BCUT2D eigenvalue weighted by Crippen LogP contribution is 2.15. The van der Waals surface area contributed by atoms with E-state index in [1.807, 2.05) is 18.2 Å². The van der Waals surface area contributed by atoms with Gasteiger partial charge in [0.15, 0.2) is 22.1 Å². The van der Waals surface area contributed by atoms with Gasteiger partial charge in [-0.05, 0) is 24.8 Å². The highest BCUT2D eigenvalue weighted by Gasteiger charge is 2.19. The summed E-state index contributed by atoms with van der Waals surface area (Å²) in [6, 6.07) is 9.12. The molecule has 0 amide bonds. The van der Waals surface area contributed by atoms with Gasteiger partial charge >= 0.3 is 0 Å². The van der Waals surface area contributed by atoms with Gasteiger partial charge in [0.25, 0.3) is 0 Å². The van der Waals surface area contributed by atoms with Crippen LogP contribution >= 0.6 is 0 Å². The van der Waals surface area contributed by atoms with E-state index in [4.69, 9.17) is 9.47 Å². The highest BCUT2D eigenvalue weighted by atomic mass is 32.2. The molecule has 100 valence electrons. The van der Waals surface area contributed by atoms with Crippen molar-refractivity contribution in [3.63, 3.8) is 0 Å². The second-order valence-corrected chi connectivity index (χ2v) is 6.47. The van der Waals surface area contributed by atoms with E-state index in [1.165, 1.54) is 0 Å². The fourth-order valence-corrected chi connectivity index (χ4v) is 3.03. The van der Waals surface area contributed by atoms with Gasteiger partial charge in [-0.3, -0.25) is 0 Å². The molecule has 4 nitrogen and oxygen atoms in total. The van der Waals surface area contributed by atoms with Gasteiger partial charge in [-0.1, -0.05) is 30.3 Å². The van der Waals surface area contributed by atoms with E-state index >= 15 is 0 Å². The monoisotopic (exact) mass is 270 g/mol. The Balaban J connectivity index is 1.83. The molecule has 0 radical (unpaired) electrons. The molecule has 1 atom stereocenters. The van der Waals surface area contributed by atoms with Crippen LogP contribution in [0, 0.1) is 0 Å². The Morgan fingerprint density at radius 3 is 2.67 bits per heavy atom. The Hall–Kier alpha value is -0.910. The first-order chi connectivity index (χ1) is 8.66. The molecule has 0 aromatic heterocycles. The summed E-state index contributed by atoms with van der Waals surface area (Å²) in [5, 5.41) is 0. The van der Waals surface area contributed by atoms with E-state index in [0.717, 1.165) is 24.8 Å². The van der Waals surface area contributed by atoms with Crippen LogP contribution in [0.1, 0.15) is 24.8 Å². The van der Waals surface area contributed by atoms with Gasteiger partial charge in [0.1, 0.15) is 0 Å². The zero-order valence-corrected chi connectivity index (χ0v) is 11.1. The number of hydrogen-bond acceptors (Lipinski definition) is 4. The van der Waals surface area contributed by atoms with Crippen molar-refractivity contribution < 1.29 is 17.9 Å². The highest BCUT2D eigenvalue weighted by molar-refractivity contribution is 7.90. The van der Waals surface area contributed by atoms with Gasteiger partial charge in [0, 0.05) is 6.61 Å². The minimum atomic E-state index is -3.24. The van der Waals surface area contributed by atoms with Crippen LogP contribution in [0.5, 0.6) is 0 Å². The maximum Gasteiger partial charge on any atom is 0.178 e. The van der Waals surface area contributed by atoms with E-state index in [0.29, 0.717) is 6.61 Å². The average Bonchev–Trinajstić information content (AvgIpc) is 2.38. The van der Waals surface area contributed by atoms with Gasteiger partial charge in [-0.15, -0.1) is 0 Å². The molecular weight excluding hydrogens is 252 g/mol. The molecule has 1 aliphatic rings. The van der Waals surface area contributed by atoms with Crippen LogP contribution in [-0.2, 0) is 25.1 Å². The molecule has 0 spiro atoms. The first-order valence-corrected chi connectivity index (χ1v) is 7.95. The lowest BCUT2D eigenvalue weighted by atomic mass is 10.2. The normalized spacial score (nSPS) is 20.8. The van der Waals surface area contributed by atoms with E-state index in [1.54, 1.807) is 12.1 Å². The summed E-state index contributed by atoms with van der Waals surface area (Å²) in [7, 11) is -3.24. The quantitative estimate of drug-likeness (QED) is 0.822. The van der Waals surface area contributed by atoms with Crippen LogP contribution in [0.4, 0.5) is 0 Å². The number of rotatable bonds is 5. The molecule has 0 aliphatic carbocycles. The van der Waals surface area contributed by atoms with Gasteiger partial charge in [-0.25, -0.2) is 8.42 Å². The summed E-state index contributed by atoms with van der Waals surface area (Å²) in [6.07, 6.45) is 2.48. The van der Waals surface area contributed by atoms with E-state index < -0.39 is 9.84 Å². The molecule has 5 heteroatoms. The van der Waals surface area contributed by atoms with Crippen molar-refractivity contribution in [2.24, 2.45) is 0 Å². The van der Waals surface area contributed by atoms with Crippen molar-refractivity contribution in [3.8, 4) is 0 Å². The van der Waals surface area contributed by atoms with E-state index in [2.05, 4.69) is 0 Å². The molecular formula is C13H18O4S. The average molecular weight is 270 g/mol. The fraction of sp³-hybridized carbons (Fsp3) is 0.538. The molecule has 1 heterocycles. The van der Waals surface area contributed by atoms with Gasteiger partial charge in [0.05, 0.1) is 5.75 Å². The number of hydrogen-bond donors (Lipinski definition) is 0. The lowest BCUT2D eigenvalue weighted by molar-refractivity contribution is -0.150. The predicted molar refractivity (Wildman–Crippen MR) is 68.6 cm³/mol. The van der Waals surface area contributed by atoms with Crippen LogP contribution < -0.4 is 0 Å². The SMILES string of the molecule is O=S(=O)(COC1CCCCO1)Cc1ccccc1. The summed E-state index contributed by atoms with van der Waals surface area (Å²) in [6.45, 7) is 0.656. The fourth-order valence-electron chi connectivity index (χ4n) is 1.89. The molecule has 0 bridgehead atoms. The van der Waals surface area contributed by atoms with Crippen molar-refractivity contribution in [1.29, 1.82) is 0 Å². The molecule has 1 aliphatic heterocycles. The number of ether oxygens (including phenoxy) is 2. The molecule has 18 heavy (non-hydrogen) atoms. The third kappa shape index (κ3) is 4.40. The largest absolute Gasteiger partial charge is 0.353 e. The smallest absolute Gasteiger partial charge is 0.178 e. The lowest BCUT2D eigenvalue weighted by Crippen LogP contribution is -2.25. The number of sulfone groups is 1. The van der Waals surface area contributed by atoms with Crippen molar-refractivity contribution in [1.82, 2.24) is 0 Å². The third-order valence-electron chi connectivity index (χ3n) is 2.80. The van der Waals surface area contributed by atoms with Gasteiger partial charge in [-0.2, -0.15) is 0 Å². The summed E-state index contributed by atoms with van der Waals surface area (Å²) < 4.78 is 34.4. The van der Waals surface area contributed by atoms with Crippen molar-refractivity contribution in [2.75, 3.05) is 12.5 Å². The maximum absolute atomic E-state index is 11.9. The first-order valence-electron chi connectivity index (χ1n) is 6.13. The summed E-state index contributed by atoms with van der Waals surface area (Å²) in [5.74, 6) is -0.257. The summed E-state index contributed by atoms with van der Waals surface area (Å²) >= 11 is 0. The van der Waals surface area contributed by atoms with Crippen LogP contribution in [0.15, 0.2) is 30.3 Å². The first kappa shape index (κ1) is 13.5. The van der Waals surface area contributed by atoms with Crippen molar-refractivity contribution >= 4 is 9.84 Å². The predicted octanol–water partition coefficient (Wildman–Crippen LogP) is 2.10. The Kier molecular flexibility index (Phi) is 4.74. The molecule has 1 saturated heterocycles. The van der Waals surface area contributed by atoms with E-state index in [-0.39, 0.29) is 18.0 Å². The molecule has 0 saturated carbocycles. The lowest BCUT2D eigenvalue weighted by Gasteiger charge is -2.22. The molecule has 1 aromatic rings. The zero-order valence-electron chi connectivity index (χ0n) is 10.2. The molecule has 1 unspecified atom stereocenters. The summed E-state index contributed by atoms with van der Waals surface area (Å²) in [5.41, 5.74) is 0.783. The van der Waals surface area contributed by atoms with Crippen LogP contribution in [-0.4, -0.2) is 27.3 Å². The molecule has 0 N–H and O–H groups in total. The maximum atomic E-state index is 11.9.